The number of nitrogens with one attached hydrogen (secondary N) is 1. The molecule has 0 aliphatic carbocycles. The van der Waals surface area contributed by atoms with Gasteiger partial charge in [0.25, 0.3) is 5.91 Å². The Morgan fingerprint density at radius 1 is 1.00 bits per heavy atom. The molecule has 154 valence electrons. The van der Waals surface area contributed by atoms with E-state index in [4.69, 9.17) is 4.52 Å². The van der Waals surface area contributed by atoms with Gasteiger partial charge < -0.3 is 14.7 Å². The van der Waals surface area contributed by atoms with E-state index in [1.54, 1.807) is 17.9 Å². The van der Waals surface area contributed by atoms with Crippen LogP contribution in [0.2, 0.25) is 0 Å². The first kappa shape index (κ1) is 19.9. The van der Waals surface area contributed by atoms with E-state index in [2.05, 4.69) is 10.5 Å². The summed E-state index contributed by atoms with van der Waals surface area (Å²) < 4.78 is 5.01. The summed E-state index contributed by atoms with van der Waals surface area (Å²) in [5, 5.41) is 7.02. The molecule has 1 saturated heterocycles. The fraction of sp³-hybridized carbons (Fsp3) is 0.292. The van der Waals surface area contributed by atoms with Crippen LogP contribution in [0, 0.1) is 6.92 Å². The summed E-state index contributed by atoms with van der Waals surface area (Å²) in [4.78, 5) is 27.5. The molecule has 6 heteroatoms. The Bertz CT molecular complexity index is 953. The van der Waals surface area contributed by atoms with Gasteiger partial charge in [-0.15, -0.1) is 0 Å². The minimum absolute atomic E-state index is 0.00991. The Labute approximate surface area is 175 Å². The lowest BCUT2D eigenvalue weighted by Gasteiger charge is -2.32. The zero-order valence-corrected chi connectivity index (χ0v) is 17.0. The number of hydrogen-bond donors (Lipinski definition) is 1. The van der Waals surface area contributed by atoms with Gasteiger partial charge in [-0.2, -0.15) is 0 Å². The molecule has 2 aromatic carbocycles. The van der Waals surface area contributed by atoms with Crippen molar-refractivity contribution in [1.29, 1.82) is 0 Å². The maximum atomic E-state index is 13.2. The molecule has 1 aromatic heterocycles. The molecule has 0 spiro atoms. The van der Waals surface area contributed by atoms with E-state index in [0.29, 0.717) is 37.4 Å². The van der Waals surface area contributed by atoms with Gasteiger partial charge in [-0.1, -0.05) is 65.8 Å². The van der Waals surface area contributed by atoms with Crippen molar-refractivity contribution in [2.75, 3.05) is 13.1 Å². The van der Waals surface area contributed by atoms with Crippen molar-refractivity contribution in [3.8, 4) is 0 Å². The average Bonchev–Trinajstić information content (AvgIpc) is 3.22. The highest BCUT2D eigenvalue weighted by molar-refractivity contribution is 5.92. The van der Waals surface area contributed by atoms with E-state index < -0.39 is 0 Å². The molecule has 1 N–H and O–H groups in total. The molecule has 3 aromatic rings. The number of aromatic nitrogens is 1. The molecule has 0 atom stereocenters. The number of benzene rings is 2. The lowest BCUT2D eigenvalue weighted by Crippen LogP contribution is -2.47. The van der Waals surface area contributed by atoms with E-state index in [1.165, 1.54) is 0 Å². The van der Waals surface area contributed by atoms with Gasteiger partial charge in [0, 0.05) is 25.2 Å². The molecule has 1 aliphatic heterocycles. The Morgan fingerprint density at radius 2 is 1.57 bits per heavy atom. The first-order chi connectivity index (χ1) is 14.6. The highest BCUT2D eigenvalue weighted by Crippen LogP contribution is 2.25. The van der Waals surface area contributed by atoms with Crippen molar-refractivity contribution in [2.24, 2.45) is 0 Å². The standard InChI is InChI=1S/C24H25N3O3/c1-17-16-21(26-30-17)24(29)27-14-12-20(13-15-27)25-23(28)22(18-8-4-2-5-9-18)19-10-6-3-7-11-19/h2-11,16,20,22H,12-15H2,1H3,(H,25,28). The van der Waals surface area contributed by atoms with Crippen molar-refractivity contribution in [1.82, 2.24) is 15.4 Å². The number of aryl methyl sites for hydroxylation is 1. The van der Waals surface area contributed by atoms with Gasteiger partial charge in [-0.3, -0.25) is 9.59 Å². The predicted octanol–water partition coefficient (Wildman–Crippen LogP) is 3.54. The Hall–Kier alpha value is -3.41. The SMILES string of the molecule is Cc1cc(C(=O)N2CCC(NC(=O)C(c3ccccc3)c3ccccc3)CC2)no1. The van der Waals surface area contributed by atoms with Crippen LogP contribution in [0.1, 0.15) is 46.1 Å². The minimum atomic E-state index is -0.356. The smallest absolute Gasteiger partial charge is 0.276 e. The second-order valence-corrected chi connectivity index (χ2v) is 7.65. The zero-order valence-electron chi connectivity index (χ0n) is 17.0. The van der Waals surface area contributed by atoms with Crippen LogP contribution in [-0.4, -0.2) is 41.0 Å². The number of carbonyl (C=O) groups is 2. The van der Waals surface area contributed by atoms with Crippen LogP contribution in [-0.2, 0) is 4.79 Å². The molecule has 2 heterocycles. The maximum Gasteiger partial charge on any atom is 0.276 e. The number of likely N-dealkylation sites (tertiary alicyclic amines) is 1. The molecule has 0 unspecified atom stereocenters. The molecular formula is C24H25N3O3. The summed E-state index contributed by atoms with van der Waals surface area (Å²) in [6.45, 7) is 2.93. The summed E-state index contributed by atoms with van der Waals surface area (Å²) in [7, 11) is 0. The van der Waals surface area contributed by atoms with E-state index in [9.17, 15) is 9.59 Å². The van der Waals surface area contributed by atoms with Crippen LogP contribution >= 0.6 is 0 Å². The van der Waals surface area contributed by atoms with Crippen molar-refractivity contribution < 1.29 is 14.1 Å². The van der Waals surface area contributed by atoms with Crippen LogP contribution in [0.25, 0.3) is 0 Å². The Kier molecular flexibility index (Phi) is 5.93. The van der Waals surface area contributed by atoms with Crippen LogP contribution in [0.15, 0.2) is 71.3 Å². The highest BCUT2D eigenvalue weighted by Gasteiger charge is 2.29. The van der Waals surface area contributed by atoms with Crippen molar-refractivity contribution >= 4 is 11.8 Å². The number of nitrogens with zero attached hydrogens (tertiary/aromatic N) is 2. The second-order valence-electron chi connectivity index (χ2n) is 7.65. The van der Waals surface area contributed by atoms with Gasteiger partial charge in [0.15, 0.2) is 5.69 Å². The maximum absolute atomic E-state index is 13.2. The fourth-order valence-corrected chi connectivity index (χ4v) is 3.93. The van der Waals surface area contributed by atoms with E-state index in [1.807, 2.05) is 60.7 Å². The van der Waals surface area contributed by atoms with Crippen LogP contribution in [0.3, 0.4) is 0 Å². The van der Waals surface area contributed by atoms with E-state index in [-0.39, 0.29) is 23.8 Å². The summed E-state index contributed by atoms with van der Waals surface area (Å²) >= 11 is 0. The Balaban J connectivity index is 1.41. The molecule has 30 heavy (non-hydrogen) atoms. The molecule has 4 rings (SSSR count). The van der Waals surface area contributed by atoms with Crippen molar-refractivity contribution in [3.05, 3.63) is 89.3 Å². The van der Waals surface area contributed by atoms with Gasteiger partial charge in [0.2, 0.25) is 5.91 Å². The Morgan fingerprint density at radius 3 is 2.07 bits per heavy atom. The monoisotopic (exact) mass is 403 g/mol. The molecule has 1 fully saturated rings. The number of rotatable bonds is 5. The third kappa shape index (κ3) is 4.43. The van der Waals surface area contributed by atoms with Gasteiger partial charge >= 0.3 is 0 Å². The van der Waals surface area contributed by atoms with Gasteiger partial charge in [0.05, 0.1) is 5.92 Å². The van der Waals surface area contributed by atoms with Crippen molar-refractivity contribution in [3.63, 3.8) is 0 Å². The highest BCUT2D eigenvalue weighted by atomic mass is 16.5. The topological polar surface area (TPSA) is 75.4 Å². The molecule has 0 radical (unpaired) electrons. The van der Waals surface area contributed by atoms with Crippen molar-refractivity contribution in [2.45, 2.75) is 31.7 Å². The van der Waals surface area contributed by atoms with E-state index >= 15 is 0 Å². The number of amides is 2. The normalized spacial score (nSPS) is 14.7. The van der Waals surface area contributed by atoms with Crippen LogP contribution in [0.4, 0.5) is 0 Å². The van der Waals surface area contributed by atoms with Crippen LogP contribution in [0.5, 0.6) is 0 Å². The lowest BCUT2D eigenvalue weighted by molar-refractivity contribution is -0.122. The summed E-state index contributed by atoms with van der Waals surface area (Å²) in [5.74, 6) is 0.130. The summed E-state index contributed by atoms with van der Waals surface area (Å²) in [5.41, 5.74) is 2.27. The fourth-order valence-electron chi connectivity index (χ4n) is 3.93. The largest absolute Gasteiger partial charge is 0.361 e. The lowest BCUT2D eigenvalue weighted by atomic mass is 9.90. The molecular weight excluding hydrogens is 378 g/mol. The molecule has 1 aliphatic rings. The summed E-state index contributed by atoms with van der Waals surface area (Å²) in [6, 6.07) is 21.3. The van der Waals surface area contributed by atoms with E-state index in [0.717, 1.165) is 11.1 Å². The van der Waals surface area contributed by atoms with Gasteiger partial charge in [-0.05, 0) is 30.9 Å². The predicted molar refractivity (Wildman–Crippen MR) is 113 cm³/mol. The average molecular weight is 403 g/mol. The molecule has 2 amide bonds. The number of carbonyl (C=O) groups excluding carboxylic acids is 2. The minimum Gasteiger partial charge on any atom is -0.361 e. The number of piperidine rings is 1. The molecule has 0 bridgehead atoms. The molecule has 0 saturated carbocycles. The second kappa shape index (κ2) is 8.95. The summed E-state index contributed by atoms with van der Waals surface area (Å²) in [6.07, 6.45) is 1.43. The van der Waals surface area contributed by atoms with Gasteiger partial charge in [-0.25, -0.2) is 0 Å². The number of hydrogen-bond acceptors (Lipinski definition) is 4. The first-order valence-electron chi connectivity index (χ1n) is 10.2. The third-order valence-corrected chi connectivity index (χ3v) is 5.50. The molecule has 6 nitrogen and oxygen atoms in total. The zero-order chi connectivity index (χ0) is 20.9. The van der Waals surface area contributed by atoms with Gasteiger partial charge in [0.1, 0.15) is 5.76 Å². The third-order valence-electron chi connectivity index (χ3n) is 5.50. The van der Waals surface area contributed by atoms with Crippen LogP contribution < -0.4 is 5.32 Å². The quantitative estimate of drug-likeness (QED) is 0.707. The first-order valence-corrected chi connectivity index (χ1v) is 10.2.